The maximum Gasteiger partial charge on any atom is 0.452 e. The second-order valence-corrected chi connectivity index (χ2v) is 6.43. The highest BCUT2D eigenvalue weighted by Crippen LogP contribution is 2.34. The summed E-state index contributed by atoms with van der Waals surface area (Å²) in [6.07, 6.45) is -4.67. The fourth-order valence-corrected chi connectivity index (χ4v) is 3.18. The van der Waals surface area contributed by atoms with Crippen LogP contribution in [0.3, 0.4) is 0 Å². The van der Waals surface area contributed by atoms with E-state index in [1.54, 1.807) is 32.0 Å². The Bertz CT molecular complexity index is 942. The molecule has 0 saturated carbocycles. The predicted octanol–water partition coefficient (Wildman–Crippen LogP) is 3.34. The lowest BCUT2D eigenvalue weighted by Crippen LogP contribution is -2.17. The predicted molar refractivity (Wildman–Crippen MR) is 85.2 cm³/mol. The number of carbonyl (C=O) groups is 1. The summed E-state index contributed by atoms with van der Waals surface area (Å²) in [6.45, 7) is 3.49. The van der Waals surface area contributed by atoms with Crippen molar-refractivity contribution in [2.24, 2.45) is 0 Å². The Labute approximate surface area is 144 Å². The molecule has 132 valence electrons. The van der Waals surface area contributed by atoms with Crippen LogP contribution in [0.5, 0.6) is 0 Å². The molecular weight excluding hydrogens is 357 g/mol. The van der Waals surface area contributed by atoms with Crippen LogP contribution in [-0.2, 0) is 15.7 Å². The number of fused-ring (bicyclic) bond motifs is 3. The number of benzene rings is 1. The average Bonchev–Trinajstić information content (AvgIpc) is 3.01. The van der Waals surface area contributed by atoms with Gasteiger partial charge in [0.05, 0.1) is 17.6 Å². The molecule has 1 aromatic carbocycles. The van der Waals surface area contributed by atoms with Crippen molar-refractivity contribution in [3.63, 3.8) is 0 Å². The van der Waals surface area contributed by atoms with Crippen molar-refractivity contribution < 1.29 is 22.7 Å². The molecule has 0 saturated heterocycles. The molecule has 3 rings (SSSR count). The van der Waals surface area contributed by atoms with Gasteiger partial charge in [0.2, 0.25) is 5.82 Å². The molecular formula is C15H13F3N4O2S. The number of hydrogen-bond acceptors (Lipinski definition) is 6. The standard InChI is InChI=1S/C15H13F3N4O2S/c1-3-24-13(23)8(2)25-12-11-20-21-14(15(16,17)18)22(11)10-7-5-4-6-9(10)19-12/h4-8H,3H2,1-2H3. The zero-order chi connectivity index (χ0) is 18.2. The van der Waals surface area contributed by atoms with Crippen LogP contribution in [0.15, 0.2) is 29.3 Å². The quantitative estimate of drug-likeness (QED) is 0.518. The molecule has 25 heavy (non-hydrogen) atoms. The molecule has 0 aliphatic carbocycles. The Balaban J connectivity index is 2.19. The van der Waals surface area contributed by atoms with Crippen molar-refractivity contribution in [2.45, 2.75) is 30.3 Å². The summed E-state index contributed by atoms with van der Waals surface area (Å²) in [4.78, 5) is 16.2. The van der Waals surface area contributed by atoms with Gasteiger partial charge in [0.15, 0.2) is 5.65 Å². The van der Waals surface area contributed by atoms with Crippen LogP contribution in [0.1, 0.15) is 19.7 Å². The van der Waals surface area contributed by atoms with Gasteiger partial charge in [0, 0.05) is 0 Å². The highest BCUT2D eigenvalue weighted by molar-refractivity contribution is 8.00. The molecule has 0 amide bonds. The first-order valence-corrected chi connectivity index (χ1v) is 8.25. The summed E-state index contributed by atoms with van der Waals surface area (Å²) in [7, 11) is 0. The fourth-order valence-electron chi connectivity index (χ4n) is 2.30. The van der Waals surface area contributed by atoms with Gasteiger partial charge >= 0.3 is 12.1 Å². The Morgan fingerprint density at radius 1 is 1.32 bits per heavy atom. The molecule has 2 heterocycles. The lowest BCUT2D eigenvalue weighted by molar-refractivity contribution is -0.145. The van der Waals surface area contributed by atoms with E-state index in [0.29, 0.717) is 5.52 Å². The highest BCUT2D eigenvalue weighted by Gasteiger charge is 2.38. The summed E-state index contributed by atoms with van der Waals surface area (Å²) < 4.78 is 45.7. The number of rotatable bonds is 4. The zero-order valence-electron chi connectivity index (χ0n) is 13.2. The molecule has 1 atom stereocenters. The number of thioether (sulfide) groups is 1. The molecule has 2 aromatic heterocycles. The molecule has 0 spiro atoms. The van der Waals surface area contributed by atoms with Gasteiger partial charge in [-0.25, -0.2) is 4.98 Å². The number of para-hydroxylation sites is 2. The molecule has 0 bridgehead atoms. The Hall–Kier alpha value is -2.36. The van der Waals surface area contributed by atoms with Crippen molar-refractivity contribution in [1.82, 2.24) is 19.6 Å². The van der Waals surface area contributed by atoms with Gasteiger partial charge in [-0.2, -0.15) is 13.2 Å². The Kier molecular flexibility index (Phi) is 4.55. The molecule has 0 aliphatic rings. The van der Waals surface area contributed by atoms with Crippen molar-refractivity contribution in [3.8, 4) is 0 Å². The van der Waals surface area contributed by atoms with Crippen LogP contribution in [-0.4, -0.2) is 37.4 Å². The lowest BCUT2D eigenvalue weighted by atomic mass is 10.3. The van der Waals surface area contributed by atoms with Crippen LogP contribution in [0.4, 0.5) is 13.2 Å². The third kappa shape index (κ3) is 3.26. The number of alkyl halides is 3. The number of hydrogen-bond donors (Lipinski definition) is 0. The first-order chi connectivity index (χ1) is 11.8. The normalized spacial score (nSPS) is 13.3. The van der Waals surface area contributed by atoms with Crippen molar-refractivity contribution in [2.75, 3.05) is 6.61 Å². The molecule has 3 aromatic rings. The van der Waals surface area contributed by atoms with Crippen molar-refractivity contribution >= 4 is 34.4 Å². The Morgan fingerprint density at radius 2 is 2.04 bits per heavy atom. The van der Waals surface area contributed by atoms with Crippen LogP contribution in [0, 0.1) is 0 Å². The number of nitrogens with zero attached hydrogens (tertiary/aromatic N) is 4. The van der Waals surface area contributed by atoms with E-state index in [2.05, 4.69) is 15.2 Å². The van der Waals surface area contributed by atoms with E-state index in [1.165, 1.54) is 6.07 Å². The summed E-state index contributed by atoms with van der Waals surface area (Å²) in [6, 6.07) is 6.38. The van der Waals surface area contributed by atoms with Crippen LogP contribution < -0.4 is 0 Å². The molecule has 0 aliphatic heterocycles. The molecule has 0 fully saturated rings. The van der Waals surface area contributed by atoms with Gasteiger partial charge in [-0.3, -0.25) is 9.20 Å². The van der Waals surface area contributed by atoms with Crippen LogP contribution in [0.2, 0.25) is 0 Å². The van der Waals surface area contributed by atoms with Gasteiger partial charge < -0.3 is 4.74 Å². The average molecular weight is 370 g/mol. The number of ether oxygens (including phenoxy) is 1. The summed E-state index contributed by atoms with van der Waals surface area (Å²) in [5.41, 5.74) is 0.536. The minimum atomic E-state index is -4.67. The van der Waals surface area contributed by atoms with Gasteiger partial charge in [-0.05, 0) is 26.0 Å². The second kappa shape index (κ2) is 6.51. The largest absolute Gasteiger partial charge is 0.465 e. The third-order valence-electron chi connectivity index (χ3n) is 3.36. The van der Waals surface area contributed by atoms with Gasteiger partial charge in [0.25, 0.3) is 0 Å². The molecule has 0 radical (unpaired) electrons. The van der Waals surface area contributed by atoms with Crippen molar-refractivity contribution in [3.05, 3.63) is 30.1 Å². The number of halogens is 3. The first-order valence-electron chi connectivity index (χ1n) is 7.37. The van der Waals surface area contributed by atoms with E-state index in [1.807, 2.05) is 0 Å². The summed E-state index contributed by atoms with van der Waals surface area (Å²) in [5, 5.41) is 6.47. The smallest absolute Gasteiger partial charge is 0.452 e. The molecule has 0 N–H and O–H groups in total. The topological polar surface area (TPSA) is 69.4 Å². The van der Waals surface area contributed by atoms with E-state index in [-0.39, 0.29) is 22.8 Å². The first kappa shape index (κ1) is 17.5. The minimum Gasteiger partial charge on any atom is -0.465 e. The Morgan fingerprint density at radius 3 is 2.72 bits per heavy atom. The molecule has 10 heteroatoms. The van der Waals surface area contributed by atoms with Gasteiger partial charge in [-0.15, -0.1) is 10.2 Å². The monoisotopic (exact) mass is 370 g/mol. The van der Waals surface area contributed by atoms with Gasteiger partial charge in [-0.1, -0.05) is 23.9 Å². The SMILES string of the molecule is CCOC(=O)C(C)Sc1nc2ccccc2n2c(C(F)(F)F)nnc12. The zero-order valence-corrected chi connectivity index (χ0v) is 14.1. The van der Waals surface area contributed by atoms with Gasteiger partial charge in [0.1, 0.15) is 10.3 Å². The maximum absolute atomic E-state index is 13.3. The summed E-state index contributed by atoms with van der Waals surface area (Å²) in [5.74, 6) is -1.61. The van der Waals surface area contributed by atoms with E-state index in [9.17, 15) is 18.0 Å². The summed E-state index contributed by atoms with van der Waals surface area (Å²) >= 11 is 0.984. The number of carbonyl (C=O) groups excluding carboxylic acids is 1. The van der Waals surface area contributed by atoms with E-state index in [0.717, 1.165) is 16.2 Å². The van der Waals surface area contributed by atoms with E-state index >= 15 is 0 Å². The second-order valence-electron chi connectivity index (χ2n) is 5.10. The number of aromatic nitrogens is 4. The molecule has 6 nitrogen and oxygen atoms in total. The minimum absolute atomic E-state index is 0.0489. The fraction of sp³-hybridized carbons (Fsp3) is 0.333. The lowest BCUT2D eigenvalue weighted by Gasteiger charge is -2.12. The maximum atomic E-state index is 13.3. The van der Waals surface area contributed by atoms with Crippen molar-refractivity contribution in [1.29, 1.82) is 0 Å². The van der Waals surface area contributed by atoms with Crippen LogP contribution in [0.25, 0.3) is 16.7 Å². The van der Waals surface area contributed by atoms with E-state index < -0.39 is 23.2 Å². The molecule has 1 unspecified atom stereocenters. The highest BCUT2D eigenvalue weighted by atomic mass is 32.2. The van der Waals surface area contributed by atoms with Crippen LogP contribution >= 0.6 is 11.8 Å². The third-order valence-corrected chi connectivity index (χ3v) is 4.40. The number of esters is 1. The van der Waals surface area contributed by atoms with E-state index in [4.69, 9.17) is 4.74 Å².